The molecule has 2 aromatic carbocycles. The summed E-state index contributed by atoms with van der Waals surface area (Å²) in [5, 5.41) is 0. The van der Waals surface area contributed by atoms with E-state index in [1.165, 1.54) is 34.6 Å². The lowest BCUT2D eigenvalue weighted by molar-refractivity contribution is 0.824. The lowest BCUT2D eigenvalue weighted by atomic mass is 10.1. The lowest BCUT2D eigenvalue weighted by Gasteiger charge is -2.09. The maximum Gasteiger partial charge on any atom is 0.0150 e. The summed E-state index contributed by atoms with van der Waals surface area (Å²) in [7, 11) is 0. The summed E-state index contributed by atoms with van der Waals surface area (Å²) in [6, 6.07) is 19.3. The molecule has 2 aromatic rings. The van der Waals surface area contributed by atoms with Gasteiger partial charge in [0, 0.05) is 4.90 Å². The SMILES string of the molecule is C=CCCCCSc1ccccc1-c1ccccc1. The highest BCUT2D eigenvalue weighted by Gasteiger charge is 2.04. The average Bonchev–Trinajstić information content (AvgIpc) is 2.48. The highest BCUT2D eigenvalue weighted by atomic mass is 32.2. The van der Waals surface area contributed by atoms with Crippen LogP contribution >= 0.6 is 11.8 Å². The van der Waals surface area contributed by atoms with E-state index in [0.29, 0.717) is 0 Å². The van der Waals surface area contributed by atoms with Crippen molar-refractivity contribution in [3.8, 4) is 11.1 Å². The van der Waals surface area contributed by atoms with Crippen LogP contribution in [0.2, 0.25) is 0 Å². The Hall–Kier alpha value is -1.47. The Bertz CT molecular complexity index is 502. The zero-order valence-electron chi connectivity index (χ0n) is 11.2. The van der Waals surface area contributed by atoms with Crippen LogP contribution in [0.15, 0.2) is 72.1 Å². The Morgan fingerprint density at radius 1 is 0.895 bits per heavy atom. The molecule has 0 spiro atoms. The van der Waals surface area contributed by atoms with Crippen molar-refractivity contribution in [3.63, 3.8) is 0 Å². The first kappa shape index (κ1) is 14.0. The van der Waals surface area contributed by atoms with Gasteiger partial charge in [-0.3, -0.25) is 0 Å². The summed E-state index contributed by atoms with van der Waals surface area (Å²) < 4.78 is 0. The van der Waals surface area contributed by atoms with Crippen molar-refractivity contribution >= 4 is 11.8 Å². The molecule has 0 aliphatic rings. The Morgan fingerprint density at radius 2 is 1.63 bits per heavy atom. The van der Waals surface area contributed by atoms with Gasteiger partial charge in [0.25, 0.3) is 0 Å². The van der Waals surface area contributed by atoms with Crippen molar-refractivity contribution in [2.75, 3.05) is 5.75 Å². The molecule has 2 rings (SSSR count). The van der Waals surface area contributed by atoms with Gasteiger partial charge in [0.05, 0.1) is 0 Å². The van der Waals surface area contributed by atoms with Crippen LogP contribution in [0, 0.1) is 0 Å². The molecule has 0 amide bonds. The summed E-state index contributed by atoms with van der Waals surface area (Å²) >= 11 is 1.96. The second-order valence-electron chi connectivity index (χ2n) is 4.50. The Morgan fingerprint density at radius 3 is 2.42 bits per heavy atom. The van der Waals surface area contributed by atoms with E-state index in [1.54, 1.807) is 0 Å². The van der Waals surface area contributed by atoms with Gasteiger partial charge in [-0.25, -0.2) is 0 Å². The molecule has 0 bridgehead atoms. The van der Waals surface area contributed by atoms with E-state index in [4.69, 9.17) is 0 Å². The second-order valence-corrected chi connectivity index (χ2v) is 5.63. The summed E-state index contributed by atoms with van der Waals surface area (Å²) in [6.07, 6.45) is 5.62. The van der Waals surface area contributed by atoms with Gasteiger partial charge >= 0.3 is 0 Å². The largest absolute Gasteiger partial charge is 0.126 e. The number of allylic oxidation sites excluding steroid dienone is 1. The molecule has 0 heterocycles. The van der Waals surface area contributed by atoms with Crippen LogP contribution in [0.4, 0.5) is 0 Å². The number of unbranched alkanes of at least 4 members (excludes halogenated alkanes) is 2. The maximum absolute atomic E-state index is 3.76. The van der Waals surface area contributed by atoms with Gasteiger partial charge in [-0.05, 0) is 42.2 Å². The van der Waals surface area contributed by atoms with E-state index in [2.05, 4.69) is 61.2 Å². The molecule has 0 atom stereocenters. The van der Waals surface area contributed by atoms with Crippen LogP contribution in [0.5, 0.6) is 0 Å². The summed E-state index contributed by atoms with van der Waals surface area (Å²) in [5.41, 5.74) is 2.65. The van der Waals surface area contributed by atoms with E-state index >= 15 is 0 Å². The molecule has 0 nitrogen and oxygen atoms in total. The third-order valence-electron chi connectivity index (χ3n) is 3.03. The predicted octanol–water partition coefficient (Wildman–Crippen LogP) is 5.80. The van der Waals surface area contributed by atoms with Gasteiger partial charge in [0.1, 0.15) is 0 Å². The summed E-state index contributed by atoms with van der Waals surface area (Å²) in [5.74, 6) is 1.18. The number of rotatable bonds is 7. The fraction of sp³-hybridized carbons (Fsp3) is 0.222. The molecule has 0 fully saturated rings. The molecular formula is C18H20S. The highest BCUT2D eigenvalue weighted by molar-refractivity contribution is 7.99. The number of thioether (sulfide) groups is 1. The molecule has 0 saturated carbocycles. The van der Waals surface area contributed by atoms with E-state index in [-0.39, 0.29) is 0 Å². The van der Waals surface area contributed by atoms with E-state index in [1.807, 2.05) is 17.8 Å². The van der Waals surface area contributed by atoms with E-state index in [0.717, 1.165) is 6.42 Å². The van der Waals surface area contributed by atoms with Crippen LogP contribution in [-0.2, 0) is 0 Å². The first-order valence-electron chi connectivity index (χ1n) is 6.80. The minimum Gasteiger partial charge on any atom is -0.126 e. The molecule has 0 radical (unpaired) electrons. The fourth-order valence-electron chi connectivity index (χ4n) is 2.02. The van der Waals surface area contributed by atoms with Crippen molar-refractivity contribution in [2.45, 2.75) is 24.2 Å². The van der Waals surface area contributed by atoms with E-state index in [9.17, 15) is 0 Å². The topological polar surface area (TPSA) is 0 Å². The van der Waals surface area contributed by atoms with Crippen LogP contribution in [0.3, 0.4) is 0 Å². The lowest BCUT2D eigenvalue weighted by Crippen LogP contribution is -1.85. The first-order valence-corrected chi connectivity index (χ1v) is 7.78. The molecule has 1 heteroatoms. The van der Waals surface area contributed by atoms with Gasteiger partial charge in [-0.1, -0.05) is 54.6 Å². The second kappa shape index (κ2) is 7.85. The fourth-order valence-corrected chi connectivity index (χ4v) is 3.11. The molecule has 0 aliphatic carbocycles. The van der Waals surface area contributed by atoms with Gasteiger partial charge in [-0.2, -0.15) is 0 Å². The Kier molecular flexibility index (Phi) is 5.77. The van der Waals surface area contributed by atoms with Crippen molar-refractivity contribution in [1.29, 1.82) is 0 Å². The van der Waals surface area contributed by atoms with Gasteiger partial charge < -0.3 is 0 Å². The van der Waals surface area contributed by atoms with Gasteiger partial charge in [0.2, 0.25) is 0 Å². The zero-order valence-corrected chi connectivity index (χ0v) is 12.0. The average molecular weight is 268 g/mol. The quantitative estimate of drug-likeness (QED) is 0.347. The number of hydrogen-bond acceptors (Lipinski definition) is 1. The van der Waals surface area contributed by atoms with Gasteiger partial charge in [-0.15, -0.1) is 18.3 Å². The molecule has 0 N–H and O–H groups in total. The van der Waals surface area contributed by atoms with Crippen molar-refractivity contribution in [2.24, 2.45) is 0 Å². The van der Waals surface area contributed by atoms with Crippen LogP contribution in [0.25, 0.3) is 11.1 Å². The first-order chi connectivity index (χ1) is 9.42. The third-order valence-corrected chi connectivity index (χ3v) is 4.19. The highest BCUT2D eigenvalue weighted by Crippen LogP contribution is 2.31. The predicted molar refractivity (Wildman–Crippen MR) is 86.7 cm³/mol. The number of hydrogen-bond donors (Lipinski definition) is 0. The Labute approximate surface area is 120 Å². The minimum atomic E-state index is 1.13. The molecule has 0 saturated heterocycles. The normalized spacial score (nSPS) is 10.3. The van der Waals surface area contributed by atoms with Crippen LogP contribution in [0.1, 0.15) is 19.3 Å². The molecule has 98 valence electrons. The van der Waals surface area contributed by atoms with Gasteiger partial charge in [0.15, 0.2) is 0 Å². The van der Waals surface area contributed by atoms with E-state index < -0.39 is 0 Å². The standard InChI is InChI=1S/C18H20S/c1-2-3-4-10-15-19-18-14-9-8-13-17(18)16-11-6-5-7-12-16/h2,5-9,11-14H,1,3-4,10,15H2. The number of benzene rings is 2. The van der Waals surface area contributed by atoms with Crippen LogP contribution in [-0.4, -0.2) is 5.75 Å². The molecule has 0 aromatic heterocycles. The smallest absolute Gasteiger partial charge is 0.0150 e. The molecule has 0 aliphatic heterocycles. The zero-order chi connectivity index (χ0) is 13.3. The summed E-state index contributed by atoms with van der Waals surface area (Å²) in [4.78, 5) is 1.38. The maximum atomic E-state index is 3.76. The molecular weight excluding hydrogens is 248 g/mol. The van der Waals surface area contributed by atoms with Crippen LogP contribution < -0.4 is 0 Å². The summed E-state index contributed by atoms with van der Waals surface area (Å²) in [6.45, 7) is 3.76. The monoisotopic (exact) mass is 268 g/mol. The minimum absolute atomic E-state index is 1.13. The van der Waals surface area contributed by atoms with Crippen molar-refractivity contribution in [3.05, 3.63) is 67.3 Å². The van der Waals surface area contributed by atoms with Crippen molar-refractivity contribution < 1.29 is 0 Å². The molecule has 0 unspecified atom stereocenters. The van der Waals surface area contributed by atoms with Crippen molar-refractivity contribution in [1.82, 2.24) is 0 Å². The molecule has 19 heavy (non-hydrogen) atoms. The Balaban J connectivity index is 2.03. The third kappa shape index (κ3) is 4.29.